The number of hydrogen-bond acceptors (Lipinski definition) is 0. The van der Waals surface area contributed by atoms with Crippen LogP contribution >= 0.6 is 0 Å². The highest BCUT2D eigenvalue weighted by molar-refractivity contribution is 5.28. The van der Waals surface area contributed by atoms with Gasteiger partial charge in [0.2, 0.25) is 0 Å². The molecule has 3 rings (SSSR count). The molecule has 0 fully saturated rings. The molecule has 3 aromatic rings. The molecule has 0 spiro atoms. The largest absolute Gasteiger partial charge is 0.0622 e. The summed E-state index contributed by atoms with van der Waals surface area (Å²) in [5.74, 6) is 0.611. The molecule has 0 aromatic heterocycles. The lowest BCUT2D eigenvalue weighted by Crippen LogP contribution is -2.13. The number of hydrogen-bond donors (Lipinski definition) is 0. The van der Waals surface area contributed by atoms with Crippen LogP contribution in [0.4, 0.5) is 0 Å². The Bertz CT molecular complexity index is 735. The van der Waals surface area contributed by atoms with Gasteiger partial charge in [0.25, 0.3) is 0 Å². The van der Waals surface area contributed by atoms with Crippen molar-refractivity contribution >= 4 is 0 Å². The summed E-state index contributed by atoms with van der Waals surface area (Å²) in [4.78, 5) is 0. The molecule has 26 heavy (non-hydrogen) atoms. The number of rotatable bonds is 6. The van der Waals surface area contributed by atoms with E-state index in [0.717, 1.165) is 19.3 Å². The fourth-order valence-corrected chi connectivity index (χ4v) is 3.59. The Labute approximate surface area is 158 Å². The first-order chi connectivity index (χ1) is 12.5. The van der Waals surface area contributed by atoms with Crippen molar-refractivity contribution in [1.29, 1.82) is 0 Å². The summed E-state index contributed by atoms with van der Waals surface area (Å²) in [6.07, 6.45) is 3.36. The van der Waals surface area contributed by atoms with Gasteiger partial charge in [-0.2, -0.15) is 0 Å². The molecule has 0 aliphatic rings. The fraction of sp³-hybridized carbons (Fsp3) is 0.308. The van der Waals surface area contributed by atoms with Gasteiger partial charge in [0.1, 0.15) is 0 Å². The second-order valence-electron chi connectivity index (χ2n) is 8.40. The van der Waals surface area contributed by atoms with Gasteiger partial charge in [-0.15, -0.1) is 0 Å². The first-order valence-electron chi connectivity index (χ1n) is 9.68. The van der Waals surface area contributed by atoms with Crippen molar-refractivity contribution in [2.75, 3.05) is 0 Å². The lowest BCUT2D eigenvalue weighted by Gasteiger charge is -2.21. The molecule has 0 bridgehead atoms. The van der Waals surface area contributed by atoms with E-state index in [0.29, 0.717) is 5.92 Å². The predicted octanol–water partition coefficient (Wildman–Crippen LogP) is 6.63. The van der Waals surface area contributed by atoms with Crippen molar-refractivity contribution in [2.45, 2.75) is 45.4 Å². The van der Waals surface area contributed by atoms with Gasteiger partial charge < -0.3 is 0 Å². The zero-order chi connectivity index (χ0) is 18.4. The van der Waals surface area contributed by atoms with Crippen LogP contribution in [0.25, 0.3) is 0 Å². The highest BCUT2D eigenvalue weighted by atomic mass is 14.2. The van der Waals surface area contributed by atoms with Crippen LogP contribution in [-0.4, -0.2) is 0 Å². The minimum atomic E-state index is 0.214. The van der Waals surface area contributed by atoms with Crippen molar-refractivity contribution < 1.29 is 0 Å². The van der Waals surface area contributed by atoms with E-state index in [-0.39, 0.29) is 5.41 Å². The summed E-state index contributed by atoms with van der Waals surface area (Å²) in [5.41, 5.74) is 5.92. The maximum atomic E-state index is 2.32. The lowest BCUT2D eigenvalue weighted by atomic mass is 9.84. The molecule has 0 saturated heterocycles. The van der Waals surface area contributed by atoms with Crippen LogP contribution in [-0.2, 0) is 24.7 Å². The highest BCUT2D eigenvalue weighted by Gasteiger charge is 2.15. The molecule has 3 aromatic carbocycles. The predicted molar refractivity (Wildman–Crippen MR) is 113 cm³/mol. The molecule has 0 aliphatic heterocycles. The van der Waals surface area contributed by atoms with Gasteiger partial charge in [0.05, 0.1) is 0 Å². The summed E-state index contributed by atoms with van der Waals surface area (Å²) in [6.45, 7) is 6.82. The third-order valence-corrected chi connectivity index (χ3v) is 5.08. The SMILES string of the molecule is CC(C)(C)c1ccc(CC(Cc2ccccc2)Cc2ccccc2)cc1. The van der Waals surface area contributed by atoms with Gasteiger partial charge in [0.15, 0.2) is 0 Å². The minimum Gasteiger partial charge on any atom is -0.0622 e. The van der Waals surface area contributed by atoms with E-state index in [9.17, 15) is 0 Å². The van der Waals surface area contributed by atoms with E-state index < -0.39 is 0 Å². The van der Waals surface area contributed by atoms with Crippen molar-refractivity contribution in [3.8, 4) is 0 Å². The smallest absolute Gasteiger partial charge is 0.0132 e. The Morgan fingerprint density at radius 2 is 0.923 bits per heavy atom. The zero-order valence-corrected chi connectivity index (χ0v) is 16.3. The second-order valence-corrected chi connectivity index (χ2v) is 8.40. The maximum absolute atomic E-state index is 2.32. The molecule has 134 valence electrons. The van der Waals surface area contributed by atoms with Crippen LogP contribution < -0.4 is 0 Å². The van der Waals surface area contributed by atoms with E-state index in [1.807, 2.05) is 0 Å². The standard InChI is InChI=1S/C26H30/c1-26(2,3)25-16-14-23(15-17-25)20-24(18-21-10-6-4-7-11-21)19-22-12-8-5-9-13-22/h4-17,24H,18-20H2,1-3H3. The lowest BCUT2D eigenvalue weighted by molar-refractivity contribution is 0.518. The fourth-order valence-electron chi connectivity index (χ4n) is 3.59. The van der Waals surface area contributed by atoms with Crippen molar-refractivity contribution in [3.05, 3.63) is 107 Å². The van der Waals surface area contributed by atoms with Crippen molar-refractivity contribution in [3.63, 3.8) is 0 Å². The van der Waals surface area contributed by atoms with Crippen LogP contribution in [0.5, 0.6) is 0 Å². The summed E-state index contributed by atoms with van der Waals surface area (Å²) >= 11 is 0. The molecule has 0 aliphatic carbocycles. The van der Waals surface area contributed by atoms with E-state index in [2.05, 4.69) is 106 Å². The highest BCUT2D eigenvalue weighted by Crippen LogP contribution is 2.24. The molecule has 0 amide bonds. The Hall–Kier alpha value is -2.34. The first kappa shape index (κ1) is 18.5. The van der Waals surface area contributed by atoms with Crippen LogP contribution in [0, 0.1) is 5.92 Å². The summed E-state index contributed by atoms with van der Waals surface area (Å²) in [6, 6.07) is 31.0. The van der Waals surface area contributed by atoms with E-state index in [1.54, 1.807) is 0 Å². The van der Waals surface area contributed by atoms with Crippen LogP contribution in [0.15, 0.2) is 84.9 Å². The Kier molecular flexibility index (Phi) is 5.93. The Morgan fingerprint density at radius 3 is 1.31 bits per heavy atom. The van der Waals surface area contributed by atoms with Crippen LogP contribution in [0.1, 0.15) is 43.0 Å². The van der Waals surface area contributed by atoms with Crippen LogP contribution in [0.3, 0.4) is 0 Å². The van der Waals surface area contributed by atoms with Gasteiger partial charge in [-0.25, -0.2) is 0 Å². The molecule has 0 saturated carbocycles. The third kappa shape index (κ3) is 5.33. The zero-order valence-electron chi connectivity index (χ0n) is 16.3. The quantitative estimate of drug-likeness (QED) is 0.472. The average molecular weight is 343 g/mol. The summed E-state index contributed by atoms with van der Waals surface area (Å²) < 4.78 is 0. The minimum absolute atomic E-state index is 0.214. The van der Waals surface area contributed by atoms with Gasteiger partial charge in [-0.1, -0.05) is 106 Å². The van der Waals surface area contributed by atoms with Gasteiger partial charge in [-0.3, -0.25) is 0 Å². The number of benzene rings is 3. The monoisotopic (exact) mass is 342 g/mol. The first-order valence-corrected chi connectivity index (χ1v) is 9.68. The topological polar surface area (TPSA) is 0 Å². The van der Waals surface area contributed by atoms with Crippen molar-refractivity contribution in [2.24, 2.45) is 5.92 Å². The molecule has 0 heteroatoms. The molecule has 0 radical (unpaired) electrons. The summed E-state index contributed by atoms with van der Waals surface area (Å²) in [5, 5.41) is 0. The van der Waals surface area contributed by atoms with E-state index in [1.165, 1.54) is 22.3 Å². The van der Waals surface area contributed by atoms with E-state index >= 15 is 0 Å². The maximum Gasteiger partial charge on any atom is -0.0132 e. The molecule has 0 N–H and O–H groups in total. The van der Waals surface area contributed by atoms with E-state index in [4.69, 9.17) is 0 Å². The normalized spacial score (nSPS) is 11.7. The molecule has 0 nitrogen and oxygen atoms in total. The Balaban J connectivity index is 1.76. The second kappa shape index (κ2) is 8.36. The average Bonchev–Trinajstić information content (AvgIpc) is 2.63. The molecule has 0 atom stereocenters. The summed E-state index contributed by atoms with van der Waals surface area (Å²) in [7, 11) is 0. The molecular weight excluding hydrogens is 312 g/mol. The van der Waals surface area contributed by atoms with Gasteiger partial charge in [0, 0.05) is 0 Å². The third-order valence-electron chi connectivity index (χ3n) is 5.08. The molecule has 0 heterocycles. The van der Waals surface area contributed by atoms with Gasteiger partial charge >= 0.3 is 0 Å². The van der Waals surface area contributed by atoms with Crippen LogP contribution in [0.2, 0.25) is 0 Å². The molecule has 0 unspecified atom stereocenters. The van der Waals surface area contributed by atoms with Crippen molar-refractivity contribution in [1.82, 2.24) is 0 Å². The molecular formula is C26H30. The van der Waals surface area contributed by atoms with Gasteiger partial charge in [-0.05, 0) is 52.8 Å². The Morgan fingerprint density at radius 1 is 0.538 bits per heavy atom.